The summed E-state index contributed by atoms with van der Waals surface area (Å²) in [6, 6.07) is 15.3. The first-order valence-electron chi connectivity index (χ1n) is 10.1. The van der Waals surface area contributed by atoms with Crippen LogP contribution < -0.4 is 10.1 Å². The minimum absolute atomic E-state index is 0.0749. The third-order valence-electron chi connectivity index (χ3n) is 3.94. The summed E-state index contributed by atoms with van der Waals surface area (Å²) in [6.45, 7) is -0.468. The van der Waals surface area contributed by atoms with Gasteiger partial charge < -0.3 is 15.2 Å². The van der Waals surface area contributed by atoms with Gasteiger partial charge in [0.05, 0.1) is 22.8 Å². The van der Waals surface area contributed by atoms with Gasteiger partial charge in [0.2, 0.25) is 5.91 Å². The number of aliphatic carboxylic acids is 1. The van der Waals surface area contributed by atoms with E-state index in [9.17, 15) is 14.4 Å². The van der Waals surface area contributed by atoms with Crippen LogP contribution in [0, 0.1) is 5.92 Å². The summed E-state index contributed by atoms with van der Waals surface area (Å²) >= 11 is 1.26. The quantitative estimate of drug-likeness (QED) is 0.441. The lowest BCUT2D eigenvalue weighted by atomic mass is 10.0. The zero-order valence-corrected chi connectivity index (χ0v) is 15.9. The minimum atomic E-state index is -2.61. The fraction of sp³-hybridized carbons (Fsp3) is 0.286. The molecule has 0 aliphatic carbocycles. The summed E-state index contributed by atoms with van der Waals surface area (Å²) in [5.41, 5.74) is 1.24. The highest BCUT2D eigenvalue weighted by atomic mass is 32.2. The van der Waals surface area contributed by atoms with E-state index in [1.54, 1.807) is 6.07 Å². The smallest absolute Gasteiger partial charge is 0.322 e. The Morgan fingerprint density at radius 1 is 1.18 bits per heavy atom. The molecule has 1 amide bonds. The molecule has 2 rings (SSSR count). The van der Waals surface area contributed by atoms with E-state index in [1.807, 2.05) is 30.3 Å². The van der Waals surface area contributed by atoms with Gasteiger partial charge in [-0.1, -0.05) is 42.5 Å². The van der Waals surface area contributed by atoms with Crippen LogP contribution in [0.3, 0.4) is 0 Å². The number of carbonyl (C=O) groups excluding carboxylic acids is 2. The van der Waals surface area contributed by atoms with Crippen molar-refractivity contribution in [2.75, 3.05) is 25.1 Å². The first-order chi connectivity index (χ1) is 14.6. The Hall–Kier alpha value is -2.80. The first kappa shape index (κ1) is 17.3. The number of carbonyl (C=O) groups is 3. The highest BCUT2D eigenvalue weighted by molar-refractivity contribution is 8.00. The number of carboxylic acid groups (broad SMARTS) is 1. The molecule has 2 aromatic rings. The van der Waals surface area contributed by atoms with E-state index < -0.39 is 25.5 Å². The van der Waals surface area contributed by atoms with E-state index in [1.165, 1.54) is 30.0 Å². The van der Waals surface area contributed by atoms with Crippen LogP contribution in [-0.4, -0.2) is 47.9 Å². The Bertz CT molecular complexity index is 905. The zero-order chi connectivity index (χ0) is 22.9. The van der Waals surface area contributed by atoms with Gasteiger partial charge in [-0.15, -0.1) is 0 Å². The van der Waals surface area contributed by atoms with Crippen LogP contribution in [0.25, 0.3) is 0 Å². The number of ketones is 1. The van der Waals surface area contributed by atoms with E-state index in [-0.39, 0.29) is 23.2 Å². The normalized spacial score (nSPS) is 13.5. The average Bonchev–Trinajstić information content (AvgIpc) is 2.70. The van der Waals surface area contributed by atoms with Gasteiger partial charge in [-0.3, -0.25) is 14.4 Å². The second kappa shape index (κ2) is 11.1. The molecule has 2 aromatic carbocycles. The summed E-state index contributed by atoms with van der Waals surface area (Å²) in [5, 5.41) is 11.2. The van der Waals surface area contributed by atoms with Gasteiger partial charge in [0, 0.05) is 11.3 Å². The predicted octanol–water partition coefficient (Wildman–Crippen LogP) is 2.67. The second-order valence-electron chi connectivity index (χ2n) is 6.07. The number of thioether (sulfide) groups is 1. The molecular weight excluding hydrogens is 379 g/mol. The number of carboxylic acids is 1. The number of rotatable bonds is 11. The van der Waals surface area contributed by atoms with E-state index in [4.69, 9.17) is 14.0 Å². The van der Waals surface area contributed by atoms with Crippen LogP contribution in [-0.2, 0) is 16.0 Å². The Morgan fingerprint density at radius 2 is 1.96 bits per heavy atom. The van der Waals surface area contributed by atoms with Gasteiger partial charge in [-0.05, 0) is 24.1 Å². The lowest BCUT2D eigenvalue weighted by Gasteiger charge is -2.16. The highest BCUT2D eigenvalue weighted by Gasteiger charge is 2.20. The molecule has 1 atom stereocenters. The molecule has 28 heavy (non-hydrogen) atoms. The van der Waals surface area contributed by atoms with E-state index >= 15 is 0 Å². The predicted molar refractivity (Wildman–Crippen MR) is 109 cm³/mol. The van der Waals surface area contributed by atoms with Crippen molar-refractivity contribution in [1.29, 1.82) is 0 Å². The first-order valence-corrected chi connectivity index (χ1v) is 9.73. The minimum Gasteiger partial charge on any atom is -0.497 e. The molecule has 0 saturated carbocycles. The van der Waals surface area contributed by atoms with Crippen molar-refractivity contribution in [2.45, 2.75) is 6.42 Å². The molecule has 0 heterocycles. The Morgan fingerprint density at radius 3 is 2.68 bits per heavy atom. The van der Waals surface area contributed by atoms with Crippen molar-refractivity contribution < 1.29 is 28.3 Å². The molecule has 0 radical (unpaired) electrons. The molecule has 2 N–H and O–H groups in total. The topological polar surface area (TPSA) is 92.7 Å². The van der Waals surface area contributed by atoms with Crippen molar-refractivity contribution in [2.24, 2.45) is 5.92 Å². The summed E-state index contributed by atoms with van der Waals surface area (Å²) in [4.78, 5) is 35.7. The Balaban J connectivity index is 1.97. The van der Waals surface area contributed by atoms with Crippen LogP contribution in [0.1, 0.15) is 20.0 Å². The molecule has 0 spiro atoms. The molecule has 0 saturated heterocycles. The SMILES string of the molecule is [2H][13C]([2H])([2H])Oc1cccc(C(=O)CSCC(Cc2ccccc2)C(=O)NCC(=O)O)c1. The zero-order valence-electron chi connectivity index (χ0n) is 18.1. The molecule has 0 aliphatic heterocycles. The number of Topliss-reactive ketones (excluding diaryl/α,β-unsaturated/α-hetero) is 1. The summed E-state index contributed by atoms with van der Waals surface area (Å²) in [5.74, 6) is -1.79. The summed E-state index contributed by atoms with van der Waals surface area (Å²) in [6.07, 6.45) is 0.412. The number of benzene rings is 2. The van der Waals surface area contributed by atoms with Crippen molar-refractivity contribution in [3.8, 4) is 5.75 Å². The number of methoxy groups -OCH3 is 1. The molecule has 0 aliphatic rings. The number of hydrogen-bond acceptors (Lipinski definition) is 5. The fourth-order valence-electron chi connectivity index (χ4n) is 2.54. The third-order valence-corrected chi connectivity index (χ3v) is 5.04. The summed E-state index contributed by atoms with van der Waals surface area (Å²) < 4.78 is 26.3. The highest BCUT2D eigenvalue weighted by Crippen LogP contribution is 2.18. The van der Waals surface area contributed by atoms with Crippen molar-refractivity contribution in [1.82, 2.24) is 5.32 Å². The van der Waals surface area contributed by atoms with Crippen molar-refractivity contribution >= 4 is 29.4 Å². The molecule has 0 aromatic heterocycles. The van der Waals surface area contributed by atoms with Gasteiger partial charge in [0.15, 0.2) is 5.78 Å². The van der Waals surface area contributed by atoms with Crippen LogP contribution in [0.2, 0.25) is 0 Å². The monoisotopic (exact) mass is 405 g/mol. The molecule has 0 fully saturated rings. The second-order valence-corrected chi connectivity index (χ2v) is 7.10. The molecular formula is C21H23NO5S. The van der Waals surface area contributed by atoms with Crippen LogP contribution >= 0.6 is 11.8 Å². The molecule has 0 bridgehead atoms. The number of hydrogen-bond donors (Lipinski definition) is 2. The molecule has 148 valence electrons. The van der Waals surface area contributed by atoms with Crippen molar-refractivity contribution in [3.63, 3.8) is 0 Å². The maximum atomic E-state index is 12.5. The van der Waals surface area contributed by atoms with Gasteiger partial charge in [0.25, 0.3) is 0 Å². The molecule has 7 heteroatoms. The fourth-order valence-corrected chi connectivity index (χ4v) is 3.57. The Kier molecular flexibility index (Phi) is 6.88. The lowest BCUT2D eigenvalue weighted by Crippen LogP contribution is -2.36. The maximum absolute atomic E-state index is 12.5. The lowest BCUT2D eigenvalue weighted by molar-refractivity contribution is -0.138. The van der Waals surface area contributed by atoms with Crippen LogP contribution in [0.15, 0.2) is 54.6 Å². The van der Waals surface area contributed by atoms with Gasteiger partial charge in [-0.2, -0.15) is 11.8 Å². The molecule has 6 nitrogen and oxygen atoms in total. The number of ether oxygens (including phenoxy) is 1. The van der Waals surface area contributed by atoms with E-state index in [0.29, 0.717) is 17.7 Å². The van der Waals surface area contributed by atoms with Crippen molar-refractivity contribution in [3.05, 3.63) is 65.7 Å². The average molecular weight is 405 g/mol. The number of nitrogens with one attached hydrogen (secondary N) is 1. The molecule has 1 unspecified atom stereocenters. The van der Waals surface area contributed by atoms with E-state index in [0.717, 1.165) is 5.56 Å². The largest absolute Gasteiger partial charge is 0.497 e. The van der Waals surface area contributed by atoms with E-state index in [2.05, 4.69) is 5.32 Å². The van der Waals surface area contributed by atoms with Gasteiger partial charge >= 0.3 is 5.97 Å². The summed E-state index contributed by atoms with van der Waals surface area (Å²) in [7, 11) is -2.61. The van der Waals surface area contributed by atoms with Crippen LogP contribution in [0.5, 0.6) is 5.75 Å². The maximum Gasteiger partial charge on any atom is 0.322 e. The van der Waals surface area contributed by atoms with Crippen LogP contribution in [0.4, 0.5) is 0 Å². The Labute approximate surface area is 172 Å². The van der Waals surface area contributed by atoms with Gasteiger partial charge in [0.1, 0.15) is 12.3 Å². The third kappa shape index (κ3) is 7.08. The standard InChI is InChI=1S/C21H23NO5S/c1-27-18-9-5-8-16(11-18)19(23)14-28-13-17(21(26)22-12-20(24)25)10-15-6-3-2-4-7-15/h2-9,11,17H,10,12-14H2,1H3,(H,22,26)(H,24,25)/i1+1D3. The van der Waals surface area contributed by atoms with Gasteiger partial charge in [-0.25, -0.2) is 0 Å². The number of amides is 1.